The highest BCUT2D eigenvalue weighted by Crippen LogP contribution is 2.28. The average Bonchev–Trinajstić information content (AvgIpc) is 3.04. The zero-order chi connectivity index (χ0) is 19.4. The molecule has 1 aliphatic heterocycles. The van der Waals surface area contributed by atoms with Gasteiger partial charge in [-0.1, -0.05) is 11.8 Å². The van der Waals surface area contributed by atoms with E-state index in [2.05, 4.69) is 25.5 Å². The lowest BCUT2D eigenvalue weighted by Gasteiger charge is -2.32. The summed E-state index contributed by atoms with van der Waals surface area (Å²) in [7, 11) is 1.67. The van der Waals surface area contributed by atoms with Crippen LogP contribution in [0.1, 0.15) is 18.5 Å². The standard InChI is InChI=1S/C14H16F3N7O2S/c1-23-13(20-21-22-23)27-8-11(25)24-6-2-3-9(7-24)26-12-18-5-4-10(19-12)14(15,16)17/h4-5,9H,2-3,6-8H2,1H3. The van der Waals surface area contributed by atoms with Crippen molar-refractivity contribution in [2.75, 3.05) is 18.8 Å². The summed E-state index contributed by atoms with van der Waals surface area (Å²) in [6.07, 6.45) is -2.76. The summed E-state index contributed by atoms with van der Waals surface area (Å²) >= 11 is 1.21. The molecule has 146 valence electrons. The molecule has 27 heavy (non-hydrogen) atoms. The number of carbonyl (C=O) groups excluding carboxylic acids is 1. The minimum absolute atomic E-state index is 0.124. The van der Waals surface area contributed by atoms with E-state index in [9.17, 15) is 18.0 Å². The van der Waals surface area contributed by atoms with Gasteiger partial charge in [-0.05, 0) is 29.3 Å². The summed E-state index contributed by atoms with van der Waals surface area (Å²) < 4.78 is 45.1. The molecule has 13 heteroatoms. The third-order valence-corrected chi connectivity index (χ3v) is 4.83. The first-order valence-electron chi connectivity index (χ1n) is 8.03. The smallest absolute Gasteiger partial charge is 0.433 e. The van der Waals surface area contributed by atoms with Gasteiger partial charge in [0.05, 0.1) is 12.3 Å². The molecule has 0 radical (unpaired) electrons. The Balaban J connectivity index is 1.56. The number of alkyl halides is 3. The van der Waals surface area contributed by atoms with Crippen LogP contribution in [-0.4, -0.2) is 65.9 Å². The molecule has 1 saturated heterocycles. The minimum Gasteiger partial charge on any atom is -0.458 e. The second kappa shape index (κ2) is 8.06. The number of tetrazole rings is 1. The number of aromatic nitrogens is 6. The molecule has 0 N–H and O–H groups in total. The highest BCUT2D eigenvalue weighted by atomic mass is 32.2. The van der Waals surface area contributed by atoms with Crippen LogP contribution in [0.3, 0.4) is 0 Å². The quantitative estimate of drug-likeness (QED) is 0.687. The molecular weight excluding hydrogens is 387 g/mol. The maximum Gasteiger partial charge on any atom is 0.433 e. The lowest BCUT2D eigenvalue weighted by molar-refractivity contribution is -0.141. The van der Waals surface area contributed by atoms with Gasteiger partial charge in [0.1, 0.15) is 6.10 Å². The Bertz CT molecular complexity index is 801. The predicted molar refractivity (Wildman–Crippen MR) is 86.8 cm³/mol. The molecular formula is C14H16F3N7O2S. The lowest BCUT2D eigenvalue weighted by atomic mass is 10.1. The summed E-state index contributed by atoms with van der Waals surface area (Å²) in [5.74, 6) is 0.0299. The van der Waals surface area contributed by atoms with Crippen molar-refractivity contribution in [3.63, 3.8) is 0 Å². The Morgan fingerprint density at radius 3 is 2.96 bits per heavy atom. The maximum absolute atomic E-state index is 12.7. The van der Waals surface area contributed by atoms with Crippen molar-refractivity contribution in [1.29, 1.82) is 0 Å². The van der Waals surface area contributed by atoms with Crippen molar-refractivity contribution in [1.82, 2.24) is 35.1 Å². The van der Waals surface area contributed by atoms with Crippen molar-refractivity contribution >= 4 is 17.7 Å². The van der Waals surface area contributed by atoms with Gasteiger partial charge in [-0.15, -0.1) is 5.10 Å². The molecule has 1 atom stereocenters. The molecule has 3 rings (SSSR count). The first-order chi connectivity index (χ1) is 12.8. The largest absolute Gasteiger partial charge is 0.458 e. The number of aryl methyl sites for hydroxylation is 1. The number of hydrogen-bond acceptors (Lipinski definition) is 8. The molecule has 0 aromatic carbocycles. The van der Waals surface area contributed by atoms with Crippen molar-refractivity contribution in [3.8, 4) is 6.01 Å². The van der Waals surface area contributed by atoms with Crippen LogP contribution in [0, 0.1) is 0 Å². The van der Waals surface area contributed by atoms with Crippen LogP contribution in [0.4, 0.5) is 13.2 Å². The van der Waals surface area contributed by atoms with E-state index in [1.165, 1.54) is 16.4 Å². The van der Waals surface area contributed by atoms with E-state index in [-0.39, 0.29) is 24.2 Å². The van der Waals surface area contributed by atoms with Gasteiger partial charge in [-0.25, -0.2) is 9.67 Å². The van der Waals surface area contributed by atoms with E-state index in [0.717, 1.165) is 12.3 Å². The number of piperidine rings is 1. The summed E-state index contributed by atoms with van der Waals surface area (Å²) in [4.78, 5) is 21.1. The third kappa shape index (κ3) is 5.05. The van der Waals surface area contributed by atoms with Gasteiger partial charge in [0.25, 0.3) is 0 Å². The van der Waals surface area contributed by atoms with Gasteiger partial charge < -0.3 is 9.64 Å². The highest BCUT2D eigenvalue weighted by molar-refractivity contribution is 7.99. The van der Waals surface area contributed by atoms with Gasteiger partial charge in [-0.3, -0.25) is 4.79 Å². The van der Waals surface area contributed by atoms with Crippen LogP contribution in [0.5, 0.6) is 6.01 Å². The lowest BCUT2D eigenvalue weighted by Crippen LogP contribution is -2.45. The van der Waals surface area contributed by atoms with E-state index in [1.807, 2.05) is 0 Å². The van der Waals surface area contributed by atoms with Crippen LogP contribution in [0.25, 0.3) is 0 Å². The number of likely N-dealkylation sites (tertiary alicyclic amines) is 1. The maximum atomic E-state index is 12.7. The van der Waals surface area contributed by atoms with Crippen LogP contribution in [0.2, 0.25) is 0 Å². The Morgan fingerprint density at radius 1 is 1.44 bits per heavy atom. The Labute approximate surface area is 156 Å². The Morgan fingerprint density at radius 2 is 2.26 bits per heavy atom. The Kier molecular flexibility index (Phi) is 5.77. The van der Waals surface area contributed by atoms with Crippen LogP contribution in [-0.2, 0) is 18.0 Å². The first kappa shape index (κ1) is 19.3. The molecule has 3 heterocycles. The number of thioether (sulfide) groups is 1. The molecule has 2 aromatic rings. The zero-order valence-corrected chi connectivity index (χ0v) is 15.1. The predicted octanol–water partition coefficient (Wildman–Crippen LogP) is 1.18. The number of carbonyl (C=O) groups is 1. The topological polar surface area (TPSA) is 98.9 Å². The number of ether oxygens (including phenoxy) is 1. The van der Waals surface area contributed by atoms with Crippen molar-refractivity contribution in [2.45, 2.75) is 30.3 Å². The summed E-state index contributed by atoms with van der Waals surface area (Å²) in [5, 5.41) is 11.5. The summed E-state index contributed by atoms with van der Waals surface area (Å²) in [6, 6.07) is 0.436. The fourth-order valence-electron chi connectivity index (χ4n) is 2.53. The van der Waals surface area contributed by atoms with Gasteiger partial charge in [-0.2, -0.15) is 18.2 Å². The number of hydrogen-bond donors (Lipinski definition) is 0. The minimum atomic E-state index is -4.57. The van der Waals surface area contributed by atoms with Gasteiger partial charge in [0.15, 0.2) is 5.69 Å². The zero-order valence-electron chi connectivity index (χ0n) is 14.3. The fraction of sp³-hybridized carbons (Fsp3) is 0.571. The van der Waals surface area contributed by atoms with E-state index >= 15 is 0 Å². The molecule has 1 amide bonds. The van der Waals surface area contributed by atoms with Crippen molar-refractivity contribution in [3.05, 3.63) is 18.0 Å². The van der Waals surface area contributed by atoms with Gasteiger partial charge >= 0.3 is 12.2 Å². The average molecular weight is 403 g/mol. The third-order valence-electron chi connectivity index (χ3n) is 3.83. The van der Waals surface area contributed by atoms with Crippen LogP contribution in [0.15, 0.2) is 17.4 Å². The highest BCUT2D eigenvalue weighted by Gasteiger charge is 2.33. The van der Waals surface area contributed by atoms with Gasteiger partial charge in [0.2, 0.25) is 11.1 Å². The van der Waals surface area contributed by atoms with E-state index in [1.54, 1.807) is 11.9 Å². The summed E-state index contributed by atoms with van der Waals surface area (Å²) in [6.45, 7) is 0.815. The van der Waals surface area contributed by atoms with Crippen molar-refractivity contribution < 1.29 is 22.7 Å². The number of rotatable bonds is 5. The molecule has 0 bridgehead atoms. The van der Waals surface area contributed by atoms with Crippen molar-refractivity contribution in [2.24, 2.45) is 7.05 Å². The molecule has 1 aliphatic rings. The van der Waals surface area contributed by atoms with E-state index in [0.29, 0.717) is 24.5 Å². The SMILES string of the molecule is Cn1nnnc1SCC(=O)N1CCCC(Oc2nccc(C(F)(F)F)n2)C1. The summed E-state index contributed by atoms with van der Waals surface area (Å²) in [5.41, 5.74) is -1.06. The number of amides is 1. The molecule has 9 nitrogen and oxygen atoms in total. The first-order valence-corrected chi connectivity index (χ1v) is 9.01. The van der Waals surface area contributed by atoms with E-state index < -0.39 is 18.0 Å². The van der Waals surface area contributed by atoms with Gasteiger partial charge in [0, 0.05) is 19.8 Å². The molecule has 2 aromatic heterocycles. The monoisotopic (exact) mass is 403 g/mol. The second-order valence-electron chi connectivity index (χ2n) is 5.82. The molecule has 0 saturated carbocycles. The number of halogens is 3. The van der Waals surface area contributed by atoms with E-state index in [4.69, 9.17) is 4.74 Å². The molecule has 1 fully saturated rings. The molecule has 0 spiro atoms. The Hall–Kier alpha value is -2.44. The molecule has 1 unspecified atom stereocenters. The fourth-order valence-corrected chi connectivity index (χ4v) is 3.28. The van der Waals surface area contributed by atoms with Crippen LogP contribution < -0.4 is 4.74 Å². The molecule has 0 aliphatic carbocycles. The number of nitrogens with zero attached hydrogens (tertiary/aromatic N) is 7. The normalized spacial score (nSPS) is 17.8. The van der Waals surface area contributed by atoms with Crippen LogP contribution >= 0.6 is 11.8 Å². The second-order valence-corrected chi connectivity index (χ2v) is 6.76.